The molecule has 1 saturated carbocycles. The molecule has 1 aliphatic carbocycles. The van der Waals surface area contributed by atoms with Gasteiger partial charge < -0.3 is 4.57 Å². The summed E-state index contributed by atoms with van der Waals surface area (Å²) in [4.78, 5) is 13.0. The van der Waals surface area contributed by atoms with E-state index in [2.05, 4.69) is 6.58 Å². The predicted molar refractivity (Wildman–Crippen MR) is 92.8 cm³/mol. The highest BCUT2D eigenvalue weighted by Gasteiger charge is 2.52. The van der Waals surface area contributed by atoms with Gasteiger partial charge in [0.15, 0.2) is 5.78 Å². The van der Waals surface area contributed by atoms with Gasteiger partial charge in [-0.1, -0.05) is 30.4 Å². The van der Waals surface area contributed by atoms with Gasteiger partial charge in [-0.15, -0.1) is 11.6 Å². The lowest BCUT2D eigenvalue weighted by Crippen LogP contribution is -2.54. The molecule has 0 saturated heterocycles. The maximum absolute atomic E-state index is 14.8. The zero-order valence-electron chi connectivity index (χ0n) is 13.6. The Morgan fingerprint density at radius 2 is 2.09 bits per heavy atom. The lowest BCUT2D eigenvalue weighted by Gasteiger charge is -2.43. The van der Waals surface area contributed by atoms with Crippen LogP contribution in [0.5, 0.6) is 0 Å². The molecule has 0 bridgehead atoms. The van der Waals surface area contributed by atoms with Crippen LogP contribution < -0.4 is 0 Å². The molecule has 0 radical (unpaired) electrons. The number of halogens is 2. The van der Waals surface area contributed by atoms with Gasteiger partial charge in [-0.2, -0.15) is 0 Å². The van der Waals surface area contributed by atoms with E-state index in [0.717, 1.165) is 16.6 Å². The highest BCUT2D eigenvalue weighted by molar-refractivity contribution is 6.33. The van der Waals surface area contributed by atoms with Crippen molar-refractivity contribution < 1.29 is 9.18 Å². The van der Waals surface area contributed by atoms with Crippen molar-refractivity contribution >= 4 is 28.3 Å². The Kier molecular flexibility index (Phi) is 3.88. The number of allylic oxidation sites excluding steroid dienone is 1. The number of fused-ring (bicyclic) bond motifs is 1. The summed E-state index contributed by atoms with van der Waals surface area (Å²) in [5.41, 5.74) is 1.52. The first-order valence-corrected chi connectivity index (χ1v) is 8.26. The van der Waals surface area contributed by atoms with Gasteiger partial charge in [-0.05, 0) is 38.3 Å². The zero-order chi connectivity index (χ0) is 16.9. The van der Waals surface area contributed by atoms with Crippen LogP contribution in [0.4, 0.5) is 4.39 Å². The number of benzene rings is 1. The fourth-order valence-electron chi connectivity index (χ4n) is 3.96. The summed E-state index contributed by atoms with van der Waals surface area (Å²) < 4.78 is 16.8. The molecule has 2 nitrogen and oxygen atoms in total. The predicted octanol–water partition coefficient (Wildman–Crippen LogP) is 4.78. The average Bonchev–Trinajstić information content (AvgIpc) is 2.80. The van der Waals surface area contributed by atoms with Crippen LogP contribution in [0, 0.1) is 12.8 Å². The normalized spacial score (nSPS) is 31.5. The van der Waals surface area contributed by atoms with E-state index in [1.807, 2.05) is 41.8 Å². The van der Waals surface area contributed by atoms with Crippen molar-refractivity contribution in [1.29, 1.82) is 0 Å². The van der Waals surface area contributed by atoms with Crippen LogP contribution in [-0.4, -0.2) is 21.9 Å². The zero-order valence-corrected chi connectivity index (χ0v) is 14.4. The van der Waals surface area contributed by atoms with Crippen LogP contribution in [0.2, 0.25) is 0 Å². The quantitative estimate of drug-likeness (QED) is 0.573. The van der Waals surface area contributed by atoms with Crippen LogP contribution in [0.15, 0.2) is 42.5 Å². The first-order valence-electron chi connectivity index (χ1n) is 7.83. The minimum atomic E-state index is -1.18. The van der Waals surface area contributed by atoms with E-state index >= 15 is 0 Å². The van der Waals surface area contributed by atoms with Crippen molar-refractivity contribution in [3.63, 3.8) is 0 Å². The van der Waals surface area contributed by atoms with Gasteiger partial charge in [0.05, 0.1) is 0 Å². The van der Waals surface area contributed by atoms with Crippen LogP contribution in [0.1, 0.15) is 26.0 Å². The molecule has 1 aromatic carbocycles. The van der Waals surface area contributed by atoms with Crippen LogP contribution in [-0.2, 0) is 10.3 Å². The number of aromatic nitrogens is 1. The number of rotatable bonds is 2. The van der Waals surface area contributed by atoms with Gasteiger partial charge in [-0.25, -0.2) is 4.39 Å². The van der Waals surface area contributed by atoms with E-state index in [-0.39, 0.29) is 12.2 Å². The van der Waals surface area contributed by atoms with E-state index in [1.54, 1.807) is 13.8 Å². The molecule has 3 rings (SSSR count). The number of carbonyl (C=O) groups excluding carboxylic acids is 1. The third kappa shape index (κ3) is 2.33. The van der Waals surface area contributed by atoms with Crippen molar-refractivity contribution in [3.05, 3.63) is 48.2 Å². The lowest BCUT2D eigenvalue weighted by atomic mass is 9.72. The van der Waals surface area contributed by atoms with Gasteiger partial charge in [0.25, 0.3) is 0 Å². The highest BCUT2D eigenvalue weighted by atomic mass is 35.5. The summed E-state index contributed by atoms with van der Waals surface area (Å²) in [5, 5.41) is 0.157. The first kappa shape index (κ1) is 16.3. The smallest absolute Gasteiger partial charge is 0.177 e. The van der Waals surface area contributed by atoms with E-state index in [1.165, 1.54) is 0 Å². The highest BCUT2D eigenvalue weighted by Crippen LogP contribution is 2.43. The first-order chi connectivity index (χ1) is 10.8. The molecule has 0 aliphatic heterocycles. The summed E-state index contributed by atoms with van der Waals surface area (Å²) in [6, 6.07) is 9.86. The standard InChI is InChI=1S/C19H21ClFNO/c1-11(2)16-14(21)10-19(4,18(23)17(16)20)22-12(3)9-13-7-5-6-8-15(13)22/h5-9,14,16-17H,1,10H2,2-4H3/t14?,16-,17?,19?/m1/s1. The molecular weight excluding hydrogens is 313 g/mol. The van der Waals surface area contributed by atoms with E-state index in [0.29, 0.717) is 5.57 Å². The second-order valence-electron chi connectivity index (χ2n) is 6.81. The molecule has 23 heavy (non-hydrogen) atoms. The Morgan fingerprint density at radius 3 is 2.74 bits per heavy atom. The molecule has 3 unspecified atom stereocenters. The Labute approximate surface area is 140 Å². The summed E-state index contributed by atoms with van der Waals surface area (Å²) in [6.07, 6.45) is -1.07. The Morgan fingerprint density at radius 1 is 1.43 bits per heavy atom. The SMILES string of the molecule is C=C(C)[C@@H]1C(F)CC(C)(n2c(C)cc3ccccc32)C(=O)C1Cl. The number of Topliss-reactive ketones (excluding diaryl/α,β-unsaturated/α-hetero) is 1. The Balaban J connectivity index is 2.16. The Hall–Kier alpha value is -1.61. The summed E-state index contributed by atoms with van der Waals surface area (Å²) in [5.74, 6) is -0.745. The molecular formula is C19H21ClFNO. The number of aryl methyl sites for hydroxylation is 1. The topological polar surface area (TPSA) is 22.0 Å². The number of hydrogen-bond donors (Lipinski definition) is 0. The van der Waals surface area contributed by atoms with Crippen molar-refractivity contribution in [2.24, 2.45) is 5.92 Å². The number of ketones is 1. The van der Waals surface area contributed by atoms with Gasteiger partial charge in [0.2, 0.25) is 0 Å². The molecule has 0 N–H and O–H groups in total. The van der Waals surface area contributed by atoms with Crippen LogP contribution in [0.3, 0.4) is 0 Å². The third-order valence-corrected chi connectivity index (χ3v) is 5.51. The van der Waals surface area contributed by atoms with Crippen molar-refractivity contribution in [2.45, 2.75) is 44.3 Å². The van der Waals surface area contributed by atoms with E-state index < -0.39 is 23.0 Å². The van der Waals surface area contributed by atoms with Crippen LogP contribution >= 0.6 is 11.6 Å². The van der Waals surface area contributed by atoms with Crippen molar-refractivity contribution in [2.75, 3.05) is 0 Å². The molecule has 0 spiro atoms. The van der Waals surface area contributed by atoms with Crippen molar-refractivity contribution in [1.82, 2.24) is 4.57 Å². The molecule has 2 aromatic rings. The Bertz CT molecular complexity index is 796. The molecule has 0 amide bonds. The van der Waals surface area contributed by atoms with Gasteiger partial charge in [-0.3, -0.25) is 4.79 Å². The van der Waals surface area contributed by atoms with Crippen LogP contribution in [0.25, 0.3) is 10.9 Å². The molecule has 1 fully saturated rings. The summed E-state index contributed by atoms with van der Waals surface area (Å²) >= 11 is 6.36. The molecule has 122 valence electrons. The minimum Gasteiger partial charge on any atom is -0.332 e. The van der Waals surface area contributed by atoms with Gasteiger partial charge in [0, 0.05) is 23.5 Å². The molecule has 1 heterocycles. The monoisotopic (exact) mass is 333 g/mol. The van der Waals surface area contributed by atoms with E-state index in [4.69, 9.17) is 11.6 Å². The average molecular weight is 334 g/mol. The van der Waals surface area contributed by atoms with Gasteiger partial charge in [0.1, 0.15) is 17.1 Å². The largest absolute Gasteiger partial charge is 0.332 e. The van der Waals surface area contributed by atoms with Crippen molar-refractivity contribution in [3.8, 4) is 0 Å². The summed E-state index contributed by atoms with van der Waals surface area (Å²) in [6.45, 7) is 9.28. The third-order valence-electron chi connectivity index (χ3n) is 5.04. The maximum Gasteiger partial charge on any atom is 0.177 e. The molecule has 1 aliphatic rings. The number of para-hydroxylation sites is 1. The second kappa shape index (κ2) is 5.48. The number of carbonyl (C=O) groups is 1. The molecule has 4 atom stereocenters. The second-order valence-corrected chi connectivity index (χ2v) is 7.28. The maximum atomic E-state index is 14.8. The molecule has 1 aromatic heterocycles. The molecule has 4 heteroatoms. The number of hydrogen-bond acceptors (Lipinski definition) is 1. The fraction of sp³-hybridized carbons (Fsp3) is 0.421. The minimum absolute atomic E-state index is 0.117. The van der Waals surface area contributed by atoms with Gasteiger partial charge >= 0.3 is 0 Å². The fourth-order valence-corrected chi connectivity index (χ4v) is 4.57. The van der Waals surface area contributed by atoms with E-state index in [9.17, 15) is 9.18 Å². The number of alkyl halides is 2. The summed E-state index contributed by atoms with van der Waals surface area (Å²) in [7, 11) is 0. The number of nitrogens with zero attached hydrogens (tertiary/aromatic N) is 1. The lowest BCUT2D eigenvalue weighted by molar-refractivity contribution is -0.132.